The number of hydrogen-bond donors (Lipinski definition) is 1. The topological polar surface area (TPSA) is 71.0 Å². The molecule has 0 aliphatic heterocycles. The fraction of sp³-hybridized carbons (Fsp3) is 0.381. The summed E-state index contributed by atoms with van der Waals surface area (Å²) < 4.78 is 41.9. The van der Waals surface area contributed by atoms with Crippen LogP contribution in [0.4, 0.5) is 4.39 Å². The van der Waals surface area contributed by atoms with Crippen LogP contribution in [0.5, 0.6) is 5.75 Å². The normalized spacial score (nSPS) is 12.0. The Kier molecular flexibility index (Phi) is 8.01. The van der Waals surface area contributed by atoms with E-state index in [0.29, 0.717) is 31.0 Å². The first-order chi connectivity index (χ1) is 13.7. The van der Waals surface area contributed by atoms with E-state index in [4.69, 9.17) is 4.74 Å². The van der Waals surface area contributed by atoms with Gasteiger partial charge < -0.3 is 15.0 Å². The van der Waals surface area contributed by atoms with Gasteiger partial charge in [0.15, 0.2) is 27.4 Å². The summed E-state index contributed by atoms with van der Waals surface area (Å²) in [5.74, 6) is 0.549. The van der Waals surface area contributed by atoms with Crippen LogP contribution in [0.3, 0.4) is 0 Å². The van der Waals surface area contributed by atoms with Gasteiger partial charge in [-0.1, -0.05) is 18.2 Å². The summed E-state index contributed by atoms with van der Waals surface area (Å²) in [4.78, 5) is 6.86. The maximum atomic E-state index is 13.9. The number of guanidine groups is 1. The number of methoxy groups -OCH3 is 1. The minimum atomic E-state index is -3.19. The third kappa shape index (κ3) is 6.74. The van der Waals surface area contributed by atoms with Crippen molar-refractivity contribution in [3.63, 3.8) is 0 Å². The summed E-state index contributed by atoms with van der Waals surface area (Å²) >= 11 is 0. The van der Waals surface area contributed by atoms with E-state index < -0.39 is 15.7 Å². The van der Waals surface area contributed by atoms with Gasteiger partial charge in [-0.2, -0.15) is 0 Å². The molecule has 0 saturated carbocycles. The summed E-state index contributed by atoms with van der Waals surface area (Å²) in [6.45, 7) is 3.74. The Balaban J connectivity index is 2.02. The molecule has 6 nitrogen and oxygen atoms in total. The quantitative estimate of drug-likeness (QED) is 0.524. The van der Waals surface area contributed by atoms with Gasteiger partial charge in [-0.25, -0.2) is 12.8 Å². The smallest absolute Gasteiger partial charge is 0.193 e. The molecule has 0 unspecified atom stereocenters. The maximum Gasteiger partial charge on any atom is 0.193 e. The lowest BCUT2D eigenvalue weighted by atomic mass is 10.1. The van der Waals surface area contributed by atoms with Crippen molar-refractivity contribution in [1.82, 2.24) is 10.2 Å². The van der Waals surface area contributed by atoms with Crippen molar-refractivity contribution >= 4 is 15.8 Å². The minimum absolute atomic E-state index is 0.221. The van der Waals surface area contributed by atoms with Crippen molar-refractivity contribution in [3.05, 3.63) is 59.4 Å². The Bertz CT molecular complexity index is 944. The molecule has 0 aromatic heterocycles. The molecular weight excluding hydrogens is 393 g/mol. The highest BCUT2D eigenvalue weighted by Crippen LogP contribution is 2.18. The van der Waals surface area contributed by atoms with Crippen LogP contribution in [0.2, 0.25) is 0 Å². The molecule has 2 rings (SSSR count). The zero-order valence-corrected chi connectivity index (χ0v) is 18.1. The van der Waals surface area contributed by atoms with Crippen molar-refractivity contribution in [3.8, 4) is 5.75 Å². The molecule has 0 amide bonds. The lowest BCUT2D eigenvalue weighted by molar-refractivity contribution is 0.385. The van der Waals surface area contributed by atoms with Gasteiger partial charge >= 0.3 is 0 Å². The number of aliphatic imine (C=N–C) groups is 1. The predicted molar refractivity (Wildman–Crippen MR) is 114 cm³/mol. The van der Waals surface area contributed by atoms with E-state index in [1.54, 1.807) is 18.2 Å². The van der Waals surface area contributed by atoms with E-state index in [2.05, 4.69) is 10.3 Å². The van der Waals surface area contributed by atoms with E-state index in [-0.39, 0.29) is 5.75 Å². The predicted octanol–water partition coefficient (Wildman–Crippen LogP) is 2.88. The number of nitrogens with zero attached hydrogens (tertiary/aromatic N) is 2. The molecule has 158 valence electrons. The molecule has 0 atom stereocenters. The molecule has 0 fully saturated rings. The molecule has 0 spiro atoms. The van der Waals surface area contributed by atoms with Gasteiger partial charge in [-0.05, 0) is 48.7 Å². The first-order valence-electron chi connectivity index (χ1n) is 9.35. The summed E-state index contributed by atoms with van der Waals surface area (Å²) in [5, 5.41) is 3.23. The van der Waals surface area contributed by atoms with E-state index in [1.165, 1.54) is 19.4 Å². The van der Waals surface area contributed by atoms with Crippen LogP contribution in [-0.4, -0.2) is 52.8 Å². The van der Waals surface area contributed by atoms with Gasteiger partial charge in [-0.3, -0.25) is 4.99 Å². The van der Waals surface area contributed by atoms with Crippen molar-refractivity contribution in [2.45, 2.75) is 24.8 Å². The number of nitrogens with one attached hydrogen (secondary N) is 1. The second kappa shape index (κ2) is 10.2. The highest BCUT2D eigenvalue weighted by molar-refractivity contribution is 7.90. The third-order valence-corrected chi connectivity index (χ3v) is 5.47. The van der Waals surface area contributed by atoms with Gasteiger partial charge in [0.2, 0.25) is 0 Å². The molecule has 0 radical (unpaired) electrons. The molecule has 1 N–H and O–H groups in total. The number of hydrogen-bond acceptors (Lipinski definition) is 4. The summed E-state index contributed by atoms with van der Waals surface area (Å²) in [7, 11) is 0.144. The molecule has 0 aliphatic carbocycles. The number of ether oxygens (including phenoxy) is 1. The highest BCUT2D eigenvalue weighted by Gasteiger charge is 2.10. The number of rotatable bonds is 8. The van der Waals surface area contributed by atoms with Gasteiger partial charge in [0.1, 0.15) is 0 Å². The molecule has 2 aromatic rings. The molecule has 2 aromatic carbocycles. The monoisotopic (exact) mass is 421 g/mol. The second-order valence-electron chi connectivity index (χ2n) is 6.73. The lowest BCUT2D eigenvalue weighted by Gasteiger charge is -2.22. The van der Waals surface area contributed by atoms with Crippen LogP contribution in [0.25, 0.3) is 0 Å². The number of benzene rings is 2. The molecular formula is C21H28FN3O3S. The second-order valence-corrected chi connectivity index (χ2v) is 8.74. The first kappa shape index (κ1) is 22.7. The van der Waals surface area contributed by atoms with Crippen molar-refractivity contribution in [2.75, 3.05) is 33.5 Å². The standard InChI is InChI=1S/C21H28FN3O3S/c1-5-23-21(25(2)15-17-8-11-20(28-3)19(22)14-17)24-13-12-16-6-9-18(10-7-16)29(4,26)27/h6-11,14H,5,12-13,15H2,1-4H3,(H,23,24). The number of sulfone groups is 1. The average Bonchev–Trinajstić information content (AvgIpc) is 2.67. The Morgan fingerprint density at radius 3 is 2.38 bits per heavy atom. The average molecular weight is 422 g/mol. The molecule has 8 heteroatoms. The van der Waals surface area contributed by atoms with E-state index in [0.717, 1.165) is 17.1 Å². The fourth-order valence-corrected chi connectivity index (χ4v) is 3.45. The van der Waals surface area contributed by atoms with Crippen LogP contribution in [0.1, 0.15) is 18.1 Å². The van der Waals surface area contributed by atoms with Gasteiger partial charge in [0.25, 0.3) is 0 Å². The maximum absolute atomic E-state index is 13.9. The molecule has 0 bridgehead atoms. The Morgan fingerprint density at radius 2 is 1.83 bits per heavy atom. The van der Waals surface area contributed by atoms with Crippen LogP contribution < -0.4 is 10.1 Å². The lowest BCUT2D eigenvalue weighted by Crippen LogP contribution is -2.38. The Hall–Kier alpha value is -2.61. The Morgan fingerprint density at radius 1 is 1.17 bits per heavy atom. The third-order valence-electron chi connectivity index (χ3n) is 4.35. The zero-order valence-electron chi connectivity index (χ0n) is 17.3. The largest absolute Gasteiger partial charge is 0.494 e. The van der Waals surface area contributed by atoms with Crippen LogP contribution in [-0.2, 0) is 22.8 Å². The van der Waals surface area contributed by atoms with E-state index >= 15 is 0 Å². The van der Waals surface area contributed by atoms with Crippen molar-refractivity contribution in [1.29, 1.82) is 0 Å². The van der Waals surface area contributed by atoms with E-state index in [1.807, 2.05) is 37.1 Å². The minimum Gasteiger partial charge on any atom is -0.494 e. The van der Waals surface area contributed by atoms with Gasteiger partial charge in [-0.15, -0.1) is 0 Å². The number of halogens is 1. The summed E-state index contributed by atoms with van der Waals surface area (Å²) in [6, 6.07) is 11.7. The summed E-state index contributed by atoms with van der Waals surface area (Å²) in [5.41, 5.74) is 1.82. The highest BCUT2D eigenvalue weighted by atomic mass is 32.2. The van der Waals surface area contributed by atoms with Crippen molar-refractivity contribution < 1.29 is 17.5 Å². The fourth-order valence-electron chi connectivity index (χ4n) is 2.82. The zero-order chi connectivity index (χ0) is 21.4. The van der Waals surface area contributed by atoms with Crippen LogP contribution >= 0.6 is 0 Å². The molecule has 29 heavy (non-hydrogen) atoms. The van der Waals surface area contributed by atoms with Crippen LogP contribution in [0.15, 0.2) is 52.4 Å². The summed E-state index contributed by atoms with van der Waals surface area (Å²) in [6.07, 6.45) is 1.88. The molecule has 0 heterocycles. The molecule has 0 aliphatic rings. The van der Waals surface area contributed by atoms with Crippen molar-refractivity contribution in [2.24, 2.45) is 4.99 Å². The van der Waals surface area contributed by atoms with Crippen LogP contribution in [0, 0.1) is 5.82 Å². The SMILES string of the molecule is CCNC(=NCCc1ccc(S(C)(=O)=O)cc1)N(C)Cc1ccc(OC)c(F)c1. The van der Waals surface area contributed by atoms with E-state index in [9.17, 15) is 12.8 Å². The molecule has 0 saturated heterocycles. The van der Waals surface area contributed by atoms with Gasteiger partial charge in [0.05, 0.1) is 12.0 Å². The van der Waals surface area contributed by atoms with Gasteiger partial charge in [0, 0.05) is 32.9 Å². The Labute approximate surface area is 172 Å². The first-order valence-corrected chi connectivity index (χ1v) is 11.2.